The zero-order chi connectivity index (χ0) is 21.4. The van der Waals surface area contributed by atoms with E-state index in [0.717, 1.165) is 36.8 Å². The Hall–Kier alpha value is -2.36. The lowest BCUT2D eigenvalue weighted by atomic mass is 10.1. The van der Waals surface area contributed by atoms with Crippen molar-refractivity contribution in [3.8, 4) is 0 Å². The number of piperidine rings is 1. The van der Waals surface area contributed by atoms with Crippen molar-refractivity contribution in [2.24, 2.45) is 10.1 Å². The van der Waals surface area contributed by atoms with Gasteiger partial charge in [-0.1, -0.05) is 18.6 Å². The summed E-state index contributed by atoms with van der Waals surface area (Å²) in [4.78, 5) is 6.90. The van der Waals surface area contributed by atoms with E-state index in [1.165, 1.54) is 31.4 Å². The topological polar surface area (TPSA) is 113 Å². The third kappa shape index (κ3) is 6.32. The maximum absolute atomic E-state index is 11.3. The molecule has 1 atom stereocenters. The van der Waals surface area contributed by atoms with Gasteiger partial charge in [0.25, 0.3) is 0 Å². The van der Waals surface area contributed by atoms with Crippen molar-refractivity contribution in [3.05, 3.63) is 54.0 Å². The fourth-order valence-electron chi connectivity index (χ4n) is 3.71. The van der Waals surface area contributed by atoms with Gasteiger partial charge >= 0.3 is 0 Å². The Morgan fingerprint density at radius 1 is 1.17 bits per heavy atom. The summed E-state index contributed by atoms with van der Waals surface area (Å²) in [5.41, 5.74) is 1.02. The summed E-state index contributed by atoms with van der Waals surface area (Å²) >= 11 is 0. The Labute approximate surface area is 178 Å². The molecule has 8 nitrogen and oxygen atoms in total. The number of hydrogen-bond acceptors (Lipinski definition) is 5. The number of furan rings is 1. The molecule has 4 N–H and O–H groups in total. The van der Waals surface area contributed by atoms with Crippen molar-refractivity contribution in [2.75, 3.05) is 33.2 Å². The fourth-order valence-corrected chi connectivity index (χ4v) is 4.22. The van der Waals surface area contributed by atoms with Crippen molar-refractivity contribution in [1.82, 2.24) is 15.5 Å². The minimum atomic E-state index is -3.66. The van der Waals surface area contributed by atoms with E-state index in [1.54, 1.807) is 25.4 Å². The summed E-state index contributed by atoms with van der Waals surface area (Å²) in [6, 6.07) is 10.8. The number of nitrogens with two attached hydrogens (primary N) is 1. The molecule has 1 unspecified atom stereocenters. The molecule has 1 aliphatic rings. The number of rotatable bonds is 8. The number of hydrogen-bond donors (Lipinski definition) is 3. The molecule has 1 fully saturated rings. The van der Waals surface area contributed by atoms with Crippen LogP contribution in [0, 0.1) is 0 Å². The molecule has 2 aromatic rings. The lowest BCUT2D eigenvalue weighted by molar-refractivity contribution is 0.146. The predicted octanol–water partition coefficient (Wildman–Crippen LogP) is 1.86. The fraction of sp³-hybridized carbons (Fsp3) is 0.476. The molecule has 1 aromatic carbocycles. The van der Waals surface area contributed by atoms with Crippen LogP contribution in [-0.2, 0) is 16.4 Å². The third-order valence-corrected chi connectivity index (χ3v) is 6.28. The Morgan fingerprint density at radius 3 is 2.50 bits per heavy atom. The first-order valence-corrected chi connectivity index (χ1v) is 11.9. The normalized spacial score (nSPS) is 16.9. The van der Waals surface area contributed by atoms with Crippen LogP contribution in [0.2, 0.25) is 0 Å². The summed E-state index contributed by atoms with van der Waals surface area (Å²) in [5.74, 6) is 1.69. The monoisotopic (exact) mass is 433 g/mol. The SMILES string of the molecule is CN=C(NCCc1ccc(S(N)(=O)=O)cc1)NCC(c1ccco1)N1CCCCC1. The highest BCUT2D eigenvalue weighted by Crippen LogP contribution is 2.24. The molecule has 0 amide bonds. The number of benzene rings is 1. The van der Waals surface area contributed by atoms with Gasteiger partial charge in [0.2, 0.25) is 10.0 Å². The van der Waals surface area contributed by atoms with Crippen molar-refractivity contribution >= 4 is 16.0 Å². The second-order valence-electron chi connectivity index (χ2n) is 7.45. The Balaban J connectivity index is 1.51. The van der Waals surface area contributed by atoms with Crippen molar-refractivity contribution < 1.29 is 12.8 Å². The molecule has 9 heteroatoms. The van der Waals surface area contributed by atoms with Crippen LogP contribution in [0.1, 0.15) is 36.6 Å². The maximum Gasteiger partial charge on any atom is 0.238 e. The van der Waals surface area contributed by atoms with Crippen molar-refractivity contribution in [1.29, 1.82) is 0 Å². The first-order chi connectivity index (χ1) is 14.5. The molecule has 2 heterocycles. The Bertz CT molecular complexity index is 905. The molecule has 3 rings (SSSR count). The van der Waals surface area contributed by atoms with Crippen LogP contribution in [0.3, 0.4) is 0 Å². The average molecular weight is 434 g/mol. The van der Waals surface area contributed by atoms with Crippen LogP contribution in [-0.4, -0.2) is 52.5 Å². The van der Waals surface area contributed by atoms with E-state index in [-0.39, 0.29) is 10.9 Å². The predicted molar refractivity (Wildman–Crippen MR) is 118 cm³/mol. The second kappa shape index (κ2) is 10.6. The van der Waals surface area contributed by atoms with E-state index in [4.69, 9.17) is 9.56 Å². The van der Waals surface area contributed by atoms with Crippen molar-refractivity contribution in [2.45, 2.75) is 36.6 Å². The van der Waals surface area contributed by atoms with Gasteiger partial charge < -0.3 is 15.1 Å². The summed E-state index contributed by atoms with van der Waals surface area (Å²) in [5, 5.41) is 11.9. The molecule has 0 radical (unpaired) electrons. The van der Waals surface area contributed by atoms with Gasteiger partial charge in [-0.2, -0.15) is 0 Å². The molecule has 0 spiro atoms. The zero-order valence-electron chi connectivity index (χ0n) is 17.4. The minimum Gasteiger partial charge on any atom is -0.468 e. The number of likely N-dealkylation sites (tertiary alicyclic amines) is 1. The van der Waals surface area contributed by atoms with E-state index in [2.05, 4.69) is 20.5 Å². The van der Waals surface area contributed by atoms with Gasteiger partial charge in [-0.05, 0) is 62.2 Å². The highest BCUT2D eigenvalue weighted by atomic mass is 32.2. The summed E-state index contributed by atoms with van der Waals surface area (Å²) in [6.07, 6.45) is 6.18. The summed E-state index contributed by atoms with van der Waals surface area (Å²) in [6.45, 7) is 3.53. The Morgan fingerprint density at radius 2 is 1.90 bits per heavy atom. The lowest BCUT2D eigenvalue weighted by Crippen LogP contribution is -2.44. The number of aliphatic imine (C=N–C) groups is 1. The van der Waals surface area contributed by atoms with Crippen LogP contribution in [0.25, 0.3) is 0 Å². The van der Waals surface area contributed by atoms with Crippen LogP contribution >= 0.6 is 0 Å². The molecule has 0 saturated carbocycles. The minimum absolute atomic E-state index is 0.123. The summed E-state index contributed by atoms with van der Waals surface area (Å²) in [7, 11) is -1.91. The number of primary sulfonamides is 1. The molecule has 1 aliphatic heterocycles. The van der Waals surface area contributed by atoms with Crippen LogP contribution in [0.4, 0.5) is 0 Å². The third-order valence-electron chi connectivity index (χ3n) is 5.35. The maximum atomic E-state index is 11.3. The zero-order valence-corrected chi connectivity index (χ0v) is 18.2. The van der Waals surface area contributed by atoms with E-state index in [0.29, 0.717) is 13.1 Å². The molecule has 0 aliphatic carbocycles. The van der Waals surface area contributed by atoms with Gasteiger partial charge in [-0.25, -0.2) is 13.6 Å². The standard InChI is InChI=1S/C21H31N5O3S/c1-23-21(24-12-11-17-7-9-18(10-8-17)30(22,27)28)25-16-19(20-6-5-15-29-20)26-13-3-2-4-14-26/h5-10,15,19H,2-4,11-14,16H2,1H3,(H2,22,27,28)(H2,23,24,25). The molecule has 30 heavy (non-hydrogen) atoms. The quantitative estimate of drug-likeness (QED) is 0.433. The number of nitrogens with zero attached hydrogens (tertiary/aromatic N) is 2. The number of guanidine groups is 1. The second-order valence-corrected chi connectivity index (χ2v) is 9.01. The van der Waals surface area contributed by atoms with Crippen LogP contribution in [0.15, 0.2) is 57.0 Å². The highest BCUT2D eigenvalue weighted by Gasteiger charge is 2.24. The van der Waals surface area contributed by atoms with E-state index >= 15 is 0 Å². The molecular formula is C21H31N5O3S. The molecular weight excluding hydrogens is 402 g/mol. The van der Waals surface area contributed by atoms with E-state index in [1.807, 2.05) is 12.1 Å². The summed E-state index contributed by atoms with van der Waals surface area (Å²) < 4.78 is 28.4. The Kier molecular flexibility index (Phi) is 7.89. The van der Waals surface area contributed by atoms with Crippen molar-refractivity contribution in [3.63, 3.8) is 0 Å². The van der Waals surface area contributed by atoms with Gasteiger partial charge in [0.15, 0.2) is 5.96 Å². The van der Waals surface area contributed by atoms with Gasteiger partial charge in [0, 0.05) is 20.1 Å². The van der Waals surface area contributed by atoms with E-state index in [9.17, 15) is 8.42 Å². The molecule has 1 aromatic heterocycles. The molecule has 1 saturated heterocycles. The molecule has 0 bridgehead atoms. The first-order valence-electron chi connectivity index (χ1n) is 10.3. The average Bonchev–Trinajstić information content (AvgIpc) is 3.27. The van der Waals surface area contributed by atoms with Crippen LogP contribution < -0.4 is 15.8 Å². The van der Waals surface area contributed by atoms with E-state index < -0.39 is 10.0 Å². The lowest BCUT2D eigenvalue weighted by Gasteiger charge is -2.33. The first kappa shape index (κ1) is 22.3. The van der Waals surface area contributed by atoms with Gasteiger partial charge in [-0.15, -0.1) is 0 Å². The number of sulfonamides is 1. The molecule has 164 valence electrons. The largest absolute Gasteiger partial charge is 0.468 e. The number of nitrogens with one attached hydrogen (secondary N) is 2. The van der Waals surface area contributed by atoms with Crippen LogP contribution in [0.5, 0.6) is 0 Å². The highest BCUT2D eigenvalue weighted by molar-refractivity contribution is 7.89. The smallest absolute Gasteiger partial charge is 0.238 e. The van der Waals surface area contributed by atoms with Gasteiger partial charge in [0.05, 0.1) is 17.2 Å². The van der Waals surface area contributed by atoms with Gasteiger partial charge in [-0.3, -0.25) is 9.89 Å². The van der Waals surface area contributed by atoms with Gasteiger partial charge in [0.1, 0.15) is 5.76 Å².